The molecule has 45 heteroatoms. The standard InChI is InChI=1S/C60H75N8O28P3S6/c1-7-61-44-22-20-42-52(43-21-23-45(62-8-2)56(105(85,86)87)54(43)94-53(42)55(44)104(82,83)84)40-17-9-10-18-41(40)59(73)67(4)27-13-19-48(69)64-25-26-65-57(71)37-14-11-16-39(30-37)90-35-51(103-101-6)89-29-28-88-34-49(70)63-24-12-15-38-32-68(60(74)66-58(38)72)50-31-46(92-36(3)102-100-5)47(93-50)33-91-98(78,79)96-99(80,81)95-97(75,76)77/h9-11,14,16-18,20-23,30,32,36,46-47,50-51,61H,7-8,13,19,24-29,31,33-35H2,1-6H3,(H,63,70)(H,64,69)(H,65,71)(H,78,79)(H,80,81)(H,66,72,74)(H2,75,76,77)(H,82,83,84)(H,85,86,87)/t36-,46+,47+,50+,51?/m0/s1. The molecule has 11 N–H and O–H groups in total. The molecule has 7 rings (SSSR count). The number of aromatic amines is 1. The van der Waals surface area contributed by atoms with Crippen molar-refractivity contribution in [3.8, 4) is 40.0 Å². The number of nitrogens with zero attached hydrogens (tertiary/aromatic N) is 3. The molecule has 105 heavy (non-hydrogen) atoms. The Morgan fingerprint density at radius 1 is 0.857 bits per heavy atom. The van der Waals surface area contributed by atoms with Gasteiger partial charge in [0, 0.05) is 86.4 Å². The van der Waals surface area contributed by atoms with Gasteiger partial charge in [0.1, 0.15) is 47.7 Å². The van der Waals surface area contributed by atoms with Crippen LogP contribution >= 0.6 is 66.6 Å². The highest BCUT2D eigenvalue weighted by atomic mass is 33.1. The van der Waals surface area contributed by atoms with Crippen molar-refractivity contribution in [1.82, 2.24) is 30.4 Å². The van der Waals surface area contributed by atoms with E-state index in [4.69, 9.17) is 42.4 Å². The fourth-order valence-electron chi connectivity index (χ4n) is 10.3. The summed E-state index contributed by atoms with van der Waals surface area (Å²) in [6.07, 6.45) is 1.24. The van der Waals surface area contributed by atoms with Gasteiger partial charge in [0.2, 0.25) is 11.8 Å². The fraction of sp³-hybridized carbons (Fsp3) is 0.417. The highest BCUT2D eigenvalue weighted by Crippen LogP contribution is 2.66. The van der Waals surface area contributed by atoms with Crippen LogP contribution in [0.15, 0.2) is 108 Å². The number of hydrogen-bond acceptors (Lipinski definition) is 28. The van der Waals surface area contributed by atoms with Crippen molar-refractivity contribution < 1.29 is 120 Å². The molecule has 0 saturated carbocycles. The second kappa shape index (κ2) is 39.1. The number of carbonyl (C=O) groups is 4. The van der Waals surface area contributed by atoms with Gasteiger partial charge in [-0.1, -0.05) is 79.3 Å². The molecule has 1 aromatic heterocycles. The van der Waals surface area contributed by atoms with Gasteiger partial charge in [-0.25, -0.2) is 18.5 Å². The van der Waals surface area contributed by atoms with Crippen LogP contribution < -0.4 is 42.6 Å². The van der Waals surface area contributed by atoms with Crippen LogP contribution in [-0.4, -0.2) is 199 Å². The van der Waals surface area contributed by atoms with Gasteiger partial charge in [-0.2, -0.15) is 25.5 Å². The third-order valence-electron chi connectivity index (χ3n) is 14.5. The summed E-state index contributed by atoms with van der Waals surface area (Å²) in [4.78, 5) is 122. The number of fused-ring (bicyclic) bond motifs is 2. The van der Waals surface area contributed by atoms with Gasteiger partial charge in [-0.3, -0.25) is 52.1 Å². The van der Waals surface area contributed by atoms with Gasteiger partial charge in [0.15, 0.2) is 21.1 Å². The van der Waals surface area contributed by atoms with E-state index < -0.39 is 136 Å². The molecule has 4 aromatic rings. The molecule has 36 nitrogen and oxygen atoms in total. The monoisotopic (exact) mass is 1640 g/mol. The van der Waals surface area contributed by atoms with E-state index in [0.29, 0.717) is 5.75 Å². The average Bonchev–Trinajstić information content (AvgIpc) is 0.990. The first-order valence-electron chi connectivity index (χ1n) is 31.2. The molecule has 1 fully saturated rings. The van der Waals surface area contributed by atoms with Crippen molar-refractivity contribution in [1.29, 1.82) is 0 Å². The van der Waals surface area contributed by atoms with Gasteiger partial charge in [-0.15, -0.1) is 0 Å². The van der Waals surface area contributed by atoms with Crippen LogP contribution in [-0.2, 0) is 75.6 Å². The molecular weight excluding hydrogens is 1570 g/mol. The molecule has 0 radical (unpaired) electrons. The second-order valence-corrected chi connectivity index (χ2v) is 34.6. The maximum atomic E-state index is 14.4. The number of nitrogens with one attached hydrogen (secondary N) is 5. The average molecular weight is 1640 g/mol. The molecule has 0 spiro atoms. The lowest BCUT2D eigenvalue weighted by Crippen LogP contribution is -2.35. The summed E-state index contributed by atoms with van der Waals surface area (Å²) in [5.41, 5.74) is -2.94. The van der Waals surface area contributed by atoms with E-state index in [0.717, 1.165) is 10.8 Å². The number of benzene rings is 4. The normalized spacial score (nSPS) is 16.7. The number of ether oxygens (including phenoxy) is 5. The lowest BCUT2D eigenvalue weighted by molar-refractivity contribution is -0.126. The van der Waals surface area contributed by atoms with Gasteiger partial charge in [0.25, 0.3) is 37.6 Å². The van der Waals surface area contributed by atoms with Crippen LogP contribution in [0.25, 0.3) is 33.4 Å². The van der Waals surface area contributed by atoms with E-state index in [1.165, 1.54) is 91.5 Å². The zero-order valence-corrected chi connectivity index (χ0v) is 64.2. The first-order chi connectivity index (χ1) is 49.6. The quantitative estimate of drug-likeness (QED) is 0.00426. The Bertz CT molecular complexity index is 4750. The molecule has 3 heterocycles. The first kappa shape index (κ1) is 85.8. The smallest absolute Gasteiger partial charge is 0.490 e. The fourth-order valence-corrected chi connectivity index (χ4v) is 17.8. The molecule has 7 atom stereocenters. The van der Waals surface area contributed by atoms with E-state index in [9.17, 15) is 78.2 Å². The van der Waals surface area contributed by atoms with E-state index >= 15 is 0 Å². The Morgan fingerprint density at radius 2 is 1.58 bits per heavy atom. The van der Waals surface area contributed by atoms with Crippen molar-refractivity contribution in [3.63, 3.8) is 0 Å². The van der Waals surface area contributed by atoms with Gasteiger partial charge >= 0.3 is 29.2 Å². The highest BCUT2D eigenvalue weighted by molar-refractivity contribution is 8.76. The first-order valence-corrected chi connectivity index (χ1v) is 43.9. The largest absolute Gasteiger partial charge is 0.490 e. The summed E-state index contributed by atoms with van der Waals surface area (Å²) in [6, 6.07) is 18.3. The van der Waals surface area contributed by atoms with E-state index in [1.807, 2.05) is 6.26 Å². The molecule has 1 saturated heterocycles. The number of hydrogen-bond donors (Lipinski definition) is 11. The Morgan fingerprint density at radius 3 is 2.28 bits per heavy atom. The van der Waals surface area contributed by atoms with Crippen molar-refractivity contribution >= 4 is 127 Å². The van der Waals surface area contributed by atoms with Crippen molar-refractivity contribution in [2.45, 2.75) is 79.1 Å². The zero-order chi connectivity index (χ0) is 77.0. The summed E-state index contributed by atoms with van der Waals surface area (Å²) in [5, 5.41) is 10.7. The number of amides is 4. The third-order valence-corrected chi connectivity index (χ3v) is 24.0. The number of rotatable bonds is 39. The Balaban J connectivity index is 0.838. The lowest BCUT2D eigenvalue weighted by Gasteiger charge is -2.23. The lowest BCUT2D eigenvalue weighted by atomic mass is 9.90. The number of aromatic nitrogens is 2. The summed E-state index contributed by atoms with van der Waals surface area (Å²) in [7, 11) is -20.4. The minimum absolute atomic E-state index is 0.0140. The summed E-state index contributed by atoms with van der Waals surface area (Å²) in [5.74, 6) is 3.08. The van der Waals surface area contributed by atoms with Crippen LogP contribution in [0, 0.1) is 11.8 Å². The summed E-state index contributed by atoms with van der Waals surface area (Å²) < 4.78 is 157. The third kappa shape index (κ3) is 25.3. The minimum atomic E-state index is -5.83. The molecule has 574 valence electrons. The van der Waals surface area contributed by atoms with E-state index in [1.54, 1.807) is 63.4 Å². The SMILES string of the molecule is CCN=c1ccc2c(-c3ccccc3C(=O)N(C)CCCC(=O)NCCNC(=O)c3cccc(OCC(OCCOCC(=O)NCC#Cc4cn([C@H]5C[C@@H](O[C@H](C)SSC)[C@@H](COP(=O)(O)OP(=O)(O)OP(=O)(O)O)O5)c(=O)[nH]c4=O)SSC)c3)c3ccc(NCC)c(S(=O)(=O)O)c3oc-2c1S(=O)(=O)O. The zero-order valence-electron chi connectivity index (χ0n) is 56.6. The molecule has 3 aromatic carbocycles. The maximum Gasteiger partial charge on any atom is 0.490 e. The molecule has 2 aliphatic heterocycles. The van der Waals surface area contributed by atoms with E-state index in [-0.39, 0.29) is 134 Å². The highest BCUT2D eigenvalue weighted by Gasteiger charge is 2.44. The number of phosphoric ester groups is 1. The van der Waals surface area contributed by atoms with Crippen LogP contribution in [0.5, 0.6) is 5.75 Å². The van der Waals surface area contributed by atoms with Crippen molar-refractivity contribution in [2.24, 2.45) is 4.99 Å². The number of carbonyl (C=O) groups excluding carboxylic acids is 4. The Kier molecular flexibility index (Phi) is 31.9. The molecule has 4 amide bonds. The summed E-state index contributed by atoms with van der Waals surface area (Å²) >= 11 is 0. The maximum absolute atomic E-state index is 14.4. The van der Waals surface area contributed by atoms with Gasteiger partial charge in [0.05, 0.1) is 43.5 Å². The Labute approximate surface area is 616 Å². The van der Waals surface area contributed by atoms with Crippen LogP contribution in [0.1, 0.15) is 72.5 Å². The molecule has 0 bridgehead atoms. The van der Waals surface area contributed by atoms with Crippen LogP contribution in [0.3, 0.4) is 0 Å². The van der Waals surface area contributed by atoms with E-state index in [2.05, 4.69) is 51.7 Å². The molecule has 1 aliphatic carbocycles. The number of H-pyrrole nitrogens is 1. The topological polar surface area (TPSA) is 515 Å². The Hall–Kier alpha value is -6.46. The van der Waals surface area contributed by atoms with Crippen LogP contribution in [0.4, 0.5) is 5.69 Å². The number of anilines is 1. The number of phosphoric acid groups is 3. The van der Waals surface area contributed by atoms with Crippen LogP contribution in [0.2, 0.25) is 0 Å². The molecular formula is C60H75N8O28P3S6. The van der Waals surface area contributed by atoms with Gasteiger partial charge in [-0.05, 0) is 93.8 Å². The van der Waals surface area contributed by atoms with Crippen molar-refractivity contribution in [2.75, 3.05) is 97.2 Å². The van der Waals surface area contributed by atoms with Crippen molar-refractivity contribution in [3.05, 3.63) is 122 Å². The van der Waals surface area contributed by atoms with Gasteiger partial charge < -0.3 is 73.8 Å². The predicted molar refractivity (Wildman–Crippen MR) is 388 cm³/mol. The molecule has 3 unspecified atom stereocenters. The predicted octanol–water partition coefficient (Wildman–Crippen LogP) is 5.59. The second-order valence-electron chi connectivity index (χ2n) is 22.0. The summed E-state index contributed by atoms with van der Waals surface area (Å²) in [6.45, 7) is 3.98. The molecule has 3 aliphatic rings. The minimum Gasteiger partial charge on any atom is -0.490 e.